The molecule has 1 atom stereocenters. The molecule has 2 heterocycles. The van der Waals surface area contributed by atoms with Crippen LogP contribution in [-0.2, 0) is 22.6 Å². The quantitative estimate of drug-likeness (QED) is 0.749. The molecule has 3 rings (SSSR count). The van der Waals surface area contributed by atoms with Gasteiger partial charge in [-0.1, -0.05) is 37.2 Å². The Morgan fingerprint density at radius 2 is 2.04 bits per heavy atom. The minimum atomic E-state index is -0.577. The van der Waals surface area contributed by atoms with Crippen molar-refractivity contribution in [1.82, 2.24) is 9.88 Å². The van der Waals surface area contributed by atoms with Crippen molar-refractivity contribution in [3.63, 3.8) is 0 Å². The van der Waals surface area contributed by atoms with Gasteiger partial charge in [0.15, 0.2) is 0 Å². The van der Waals surface area contributed by atoms with Crippen LogP contribution in [0.2, 0.25) is 0 Å². The SMILES string of the molecule is CC(C)C1=NOC(C(=O)N(CCc2ccc(F)cc2)Cc2cccnc2)C1. The summed E-state index contributed by atoms with van der Waals surface area (Å²) in [6, 6.07) is 10.2. The summed E-state index contributed by atoms with van der Waals surface area (Å²) in [5.41, 5.74) is 2.84. The van der Waals surface area contributed by atoms with Gasteiger partial charge in [0.1, 0.15) is 5.82 Å². The lowest BCUT2D eigenvalue weighted by Crippen LogP contribution is -2.40. The molecule has 27 heavy (non-hydrogen) atoms. The van der Waals surface area contributed by atoms with Crippen molar-refractivity contribution in [1.29, 1.82) is 0 Å². The van der Waals surface area contributed by atoms with Crippen LogP contribution in [0.15, 0.2) is 53.9 Å². The van der Waals surface area contributed by atoms with E-state index >= 15 is 0 Å². The van der Waals surface area contributed by atoms with Gasteiger partial charge in [0.25, 0.3) is 5.91 Å². The van der Waals surface area contributed by atoms with Crippen LogP contribution >= 0.6 is 0 Å². The van der Waals surface area contributed by atoms with E-state index in [0.29, 0.717) is 25.9 Å². The average molecular weight is 369 g/mol. The fraction of sp³-hybridized carbons (Fsp3) is 0.381. The number of halogens is 1. The van der Waals surface area contributed by atoms with E-state index < -0.39 is 6.10 Å². The largest absolute Gasteiger partial charge is 0.382 e. The third kappa shape index (κ3) is 5.12. The first kappa shape index (κ1) is 19.0. The standard InChI is InChI=1S/C21H24FN3O2/c1-15(2)19-12-20(27-24-19)21(26)25(14-17-4-3-10-23-13-17)11-9-16-5-7-18(22)8-6-16/h3-8,10,13,15,20H,9,11-12,14H2,1-2H3. The van der Waals surface area contributed by atoms with Crippen molar-refractivity contribution >= 4 is 11.6 Å². The Labute approximate surface area is 158 Å². The molecule has 6 heteroatoms. The minimum Gasteiger partial charge on any atom is -0.382 e. The molecule has 2 aromatic rings. The van der Waals surface area contributed by atoms with Crippen LogP contribution in [-0.4, -0.2) is 34.2 Å². The predicted molar refractivity (Wildman–Crippen MR) is 102 cm³/mol. The zero-order valence-corrected chi connectivity index (χ0v) is 15.6. The van der Waals surface area contributed by atoms with Gasteiger partial charge in [-0.25, -0.2) is 4.39 Å². The molecule has 1 aromatic carbocycles. The van der Waals surface area contributed by atoms with Gasteiger partial charge in [0.05, 0.1) is 5.71 Å². The summed E-state index contributed by atoms with van der Waals surface area (Å²) in [6.45, 7) is 5.04. The maximum Gasteiger partial charge on any atom is 0.267 e. The monoisotopic (exact) mass is 369 g/mol. The van der Waals surface area contributed by atoms with Gasteiger partial charge in [-0.3, -0.25) is 9.78 Å². The molecule has 1 aliphatic heterocycles. The second-order valence-corrected chi connectivity index (χ2v) is 7.03. The Morgan fingerprint density at radius 3 is 2.67 bits per heavy atom. The highest BCUT2D eigenvalue weighted by molar-refractivity contribution is 5.93. The van der Waals surface area contributed by atoms with Gasteiger partial charge in [-0.05, 0) is 41.7 Å². The number of amides is 1. The summed E-state index contributed by atoms with van der Waals surface area (Å²) in [7, 11) is 0. The minimum absolute atomic E-state index is 0.0830. The average Bonchev–Trinajstić information content (AvgIpc) is 3.17. The van der Waals surface area contributed by atoms with Crippen molar-refractivity contribution in [2.75, 3.05) is 6.54 Å². The highest BCUT2D eigenvalue weighted by Crippen LogP contribution is 2.19. The predicted octanol–water partition coefficient (Wildman–Crippen LogP) is 3.59. The molecule has 1 aliphatic rings. The number of pyridine rings is 1. The Morgan fingerprint density at radius 1 is 1.26 bits per heavy atom. The Hall–Kier alpha value is -2.76. The molecule has 1 amide bonds. The van der Waals surface area contributed by atoms with Crippen LogP contribution in [0.3, 0.4) is 0 Å². The van der Waals surface area contributed by atoms with Gasteiger partial charge in [0, 0.05) is 31.9 Å². The van der Waals surface area contributed by atoms with Gasteiger partial charge < -0.3 is 9.74 Å². The van der Waals surface area contributed by atoms with E-state index in [0.717, 1.165) is 16.8 Å². The number of nitrogens with zero attached hydrogens (tertiary/aromatic N) is 3. The Balaban J connectivity index is 1.69. The van der Waals surface area contributed by atoms with E-state index in [4.69, 9.17) is 4.84 Å². The number of hydrogen-bond donors (Lipinski definition) is 0. The second kappa shape index (κ2) is 8.75. The summed E-state index contributed by atoms with van der Waals surface area (Å²) >= 11 is 0. The van der Waals surface area contributed by atoms with Crippen molar-refractivity contribution in [2.45, 2.75) is 39.3 Å². The number of aromatic nitrogens is 1. The van der Waals surface area contributed by atoms with Crippen LogP contribution in [0.5, 0.6) is 0 Å². The topological polar surface area (TPSA) is 54.8 Å². The zero-order chi connectivity index (χ0) is 19.2. The lowest BCUT2D eigenvalue weighted by atomic mass is 10.0. The van der Waals surface area contributed by atoms with Gasteiger partial charge >= 0.3 is 0 Å². The molecular formula is C21H24FN3O2. The summed E-state index contributed by atoms with van der Waals surface area (Å²) in [4.78, 5) is 24.3. The van der Waals surface area contributed by atoms with E-state index in [2.05, 4.69) is 10.1 Å². The molecule has 0 radical (unpaired) electrons. The fourth-order valence-electron chi connectivity index (χ4n) is 2.97. The number of oxime groups is 1. The molecule has 0 N–H and O–H groups in total. The number of hydrogen-bond acceptors (Lipinski definition) is 4. The molecule has 0 saturated carbocycles. The van der Waals surface area contributed by atoms with Crippen LogP contribution in [0.4, 0.5) is 4.39 Å². The van der Waals surface area contributed by atoms with E-state index in [1.807, 2.05) is 26.0 Å². The van der Waals surface area contributed by atoms with Crippen LogP contribution in [0, 0.1) is 11.7 Å². The molecule has 1 unspecified atom stereocenters. The normalized spacial score (nSPS) is 16.1. The summed E-state index contributed by atoms with van der Waals surface area (Å²) in [5.74, 6) is -0.0890. The van der Waals surface area contributed by atoms with Crippen LogP contribution < -0.4 is 0 Å². The molecule has 0 bridgehead atoms. The number of carbonyl (C=O) groups excluding carboxylic acids is 1. The summed E-state index contributed by atoms with van der Waals surface area (Å²) < 4.78 is 13.1. The number of carbonyl (C=O) groups is 1. The first-order chi connectivity index (χ1) is 13.0. The second-order valence-electron chi connectivity index (χ2n) is 7.03. The first-order valence-electron chi connectivity index (χ1n) is 9.17. The summed E-state index contributed by atoms with van der Waals surface area (Å²) in [5, 5.41) is 4.07. The summed E-state index contributed by atoms with van der Waals surface area (Å²) in [6.07, 6.45) is 4.04. The van der Waals surface area contributed by atoms with E-state index in [1.165, 1.54) is 12.1 Å². The first-order valence-corrected chi connectivity index (χ1v) is 9.17. The van der Waals surface area contributed by atoms with Crippen molar-refractivity contribution in [2.24, 2.45) is 11.1 Å². The highest BCUT2D eigenvalue weighted by atomic mass is 19.1. The van der Waals surface area contributed by atoms with Crippen LogP contribution in [0.1, 0.15) is 31.4 Å². The Bertz CT molecular complexity index is 791. The van der Waals surface area contributed by atoms with E-state index in [9.17, 15) is 9.18 Å². The molecule has 0 aliphatic carbocycles. The maximum absolute atomic E-state index is 13.1. The third-order valence-electron chi connectivity index (χ3n) is 4.63. The number of benzene rings is 1. The van der Waals surface area contributed by atoms with Crippen molar-refractivity contribution in [3.05, 3.63) is 65.7 Å². The van der Waals surface area contributed by atoms with Gasteiger partial charge in [-0.2, -0.15) is 0 Å². The van der Waals surface area contributed by atoms with E-state index in [-0.39, 0.29) is 17.6 Å². The molecular weight excluding hydrogens is 345 g/mol. The molecule has 5 nitrogen and oxygen atoms in total. The highest BCUT2D eigenvalue weighted by Gasteiger charge is 2.32. The molecule has 0 fully saturated rings. The number of rotatable bonds is 7. The smallest absolute Gasteiger partial charge is 0.267 e. The Kier molecular flexibility index (Phi) is 6.16. The fourth-order valence-corrected chi connectivity index (χ4v) is 2.97. The molecule has 0 spiro atoms. The van der Waals surface area contributed by atoms with Crippen molar-refractivity contribution in [3.8, 4) is 0 Å². The zero-order valence-electron chi connectivity index (χ0n) is 15.6. The van der Waals surface area contributed by atoms with Gasteiger partial charge in [-0.15, -0.1) is 0 Å². The lowest BCUT2D eigenvalue weighted by Gasteiger charge is -2.25. The van der Waals surface area contributed by atoms with Gasteiger partial charge in [0.2, 0.25) is 6.10 Å². The molecule has 0 saturated heterocycles. The van der Waals surface area contributed by atoms with E-state index in [1.54, 1.807) is 29.4 Å². The third-order valence-corrected chi connectivity index (χ3v) is 4.63. The maximum atomic E-state index is 13.1. The van der Waals surface area contributed by atoms with Crippen LogP contribution in [0.25, 0.3) is 0 Å². The molecule has 1 aromatic heterocycles. The molecule has 142 valence electrons. The lowest BCUT2D eigenvalue weighted by molar-refractivity contribution is -0.142. The van der Waals surface area contributed by atoms with Crippen molar-refractivity contribution < 1.29 is 14.0 Å².